The predicted molar refractivity (Wildman–Crippen MR) is 65.5 cm³/mol. The Bertz CT molecular complexity index is 649. The summed E-state index contributed by atoms with van der Waals surface area (Å²) in [6.07, 6.45) is 0. The normalized spacial score (nSPS) is 10.5. The Kier molecular flexibility index (Phi) is 2.95. The van der Waals surface area contributed by atoms with E-state index in [1.165, 1.54) is 12.1 Å². The molecule has 1 N–H and O–H groups in total. The third kappa shape index (κ3) is 2.06. The van der Waals surface area contributed by atoms with Crippen LogP contribution in [0.3, 0.4) is 0 Å². The van der Waals surface area contributed by atoms with Crippen LogP contribution in [-0.2, 0) is 7.05 Å². The number of halogens is 1. The Balaban J connectivity index is 2.58. The fourth-order valence-corrected chi connectivity index (χ4v) is 1.78. The van der Waals surface area contributed by atoms with Gasteiger partial charge in [0.1, 0.15) is 0 Å². The molecule has 2 aromatic rings. The molecule has 0 radical (unpaired) electrons. The highest BCUT2D eigenvalue weighted by Crippen LogP contribution is 2.29. The lowest BCUT2D eigenvalue weighted by atomic mass is 10.2. The number of nitrogens with one attached hydrogen (secondary N) is 1. The van der Waals surface area contributed by atoms with Crippen LogP contribution in [0.5, 0.6) is 0 Å². The van der Waals surface area contributed by atoms with E-state index in [1.54, 1.807) is 17.7 Å². The Morgan fingerprint density at radius 3 is 2.76 bits per heavy atom. The maximum absolute atomic E-state index is 10.6. The minimum Gasteiger partial charge on any atom is -0.303 e. The van der Waals surface area contributed by atoms with Crippen LogP contribution in [-0.4, -0.2) is 19.7 Å². The van der Waals surface area contributed by atoms with E-state index in [0.29, 0.717) is 16.2 Å². The molecule has 1 heterocycles. The molecule has 1 aromatic heterocycles. The molecule has 8 heteroatoms. The summed E-state index contributed by atoms with van der Waals surface area (Å²) in [6, 6.07) is 4.21. The zero-order valence-electron chi connectivity index (χ0n) is 8.68. The first-order valence-corrected chi connectivity index (χ1v) is 5.35. The van der Waals surface area contributed by atoms with Crippen LogP contribution in [0, 0.1) is 14.9 Å². The number of non-ortho nitro benzene ring substituents is 1. The number of rotatable bonds is 2. The van der Waals surface area contributed by atoms with Gasteiger partial charge in [0, 0.05) is 24.7 Å². The van der Waals surface area contributed by atoms with Crippen LogP contribution in [0.25, 0.3) is 11.4 Å². The monoisotopic (exact) mass is 270 g/mol. The van der Waals surface area contributed by atoms with Crippen molar-refractivity contribution in [2.24, 2.45) is 7.05 Å². The van der Waals surface area contributed by atoms with Gasteiger partial charge in [-0.25, -0.2) is 0 Å². The van der Waals surface area contributed by atoms with E-state index < -0.39 is 4.92 Å². The predicted octanol–water partition coefficient (Wildman–Crippen LogP) is 2.71. The van der Waals surface area contributed by atoms with Crippen LogP contribution in [0.2, 0.25) is 5.02 Å². The topological polar surface area (TPSA) is 76.8 Å². The fourth-order valence-electron chi connectivity index (χ4n) is 1.39. The van der Waals surface area contributed by atoms with Gasteiger partial charge < -0.3 is 4.57 Å². The van der Waals surface area contributed by atoms with Gasteiger partial charge in [0.15, 0.2) is 10.6 Å². The minimum atomic E-state index is -0.501. The summed E-state index contributed by atoms with van der Waals surface area (Å²) in [4.78, 5) is 10.1. The number of nitrogens with zero attached hydrogens (tertiary/aromatic N) is 3. The molecule has 6 nitrogen and oxygen atoms in total. The molecule has 0 atom stereocenters. The van der Waals surface area contributed by atoms with Crippen molar-refractivity contribution in [2.45, 2.75) is 0 Å². The maximum atomic E-state index is 10.6. The minimum absolute atomic E-state index is 0.0597. The Morgan fingerprint density at radius 2 is 2.29 bits per heavy atom. The van der Waals surface area contributed by atoms with Gasteiger partial charge >= 0.3 is 0 Å². The van der Waals surface area contributed by atoms with Crippen molar-refractivity contribution in [1.82, 2.24) is 14.8 Å². The lowest BCUT2D eigenvalue weighted by molar-refractivity contribution is -0.384. The summed E-state index contributed by atoms with van der Waals surface area (Å²) in [5.41, 5.74) is 0.530. The molecule has 0 fully saturated rings. The number of H-pyrrole nitrogens is 1. The quantitative estimate of drug-likeness (QED) is 0.517. The molecule has 0 bridgehead atoms. The molecule has 88 valence electrons. The zero-order chi connectivity index (χ0) is 12.6. The molecule has 0 spiro atoms. The third-order valence-electron chi connectivity index (χ3n) is 2.28. The van der Waals surface area contributed by atoms with Crippen LogP contribution < -0.4 is 0 Å². The first-order valence-electron chi connectivity index (χ1n) is 4.56. The number of aromatic amines is 1. The van der Waals surface area contributed by atoms with Crippen molar-refractivity contribution < 1.29 is 4.92 Å². The maximum Gasteiger partial charge on any atom is 0.270 e. The van der Waals surface area contributed by atoms with E-state index in [-0.39, 0.29) is 10.7 Å². The van der Waals surface area contributed by atoms with Crippen molar-refractivity contribution in [3.63, 3.8) is 0 Å². The van der Waals surface area contributed by atoms with Crippen molar-refractivity contribution in [1.29, 1.82) is 0 Å². The molecule has 0 unspecified atom stereocenters. The van der Waals surface area contributed by atoms with Crippen LogP contribution in [0.1, 0.15) is 0 Å². The summed E-state index contributed by atoms with van der Waals surface area (Å²) in [5, 5.41) is 17.5. The van der Waals surface area contributed by atoms with E-state index in [9.17, 15) is 10.1 Å². The highest BCUT2D eigenvalue weighted by molar-refractivity contribution is 7.71. The van der Waals surface area contributed by atoms with E-state index in [2.05, 4.69) is 10.2 Å². The molecule has 17 heavy (non-hydrogen) atoms. The summed E-state index contributed by atoms with van der Waals surface area (Å²) in [7, 11) is 1.74. The smallest absolute Gasteiger partial charge is 0.270 e. The van der Waals surface area contributed by atoms with E-state index in [1.807, 2.05) is 0 Å². The summed E-state index contributed by atoms with van der Waals surface area (Å²) < 4.78 is 2.09. The van der Waals surface area contributed by atoms with Crippen LogP contribution >= 0.6 is 23.8 Å². The van der Waals surface area contributed by atoms with Gasteiger partial charge in [-0.1, -0.05) is 11.6 Å². The van der Waals surface area contributed by atoms with Gasteiger partial charge in [-0.2, -0.15) is 5.10 Å². The summed E-state index contributed by atoms with van der Waals surface area (Å²) in [5.74, 6) is 0.537. The van der Waals surface area contributed by atoms with Gasteiger partial charge in [-0.15, -0.1) is 0 Å². The van der Waals surface area contributed by atoms with E-state index >= 15 is 0 Å². The first-order chi connectivity index (χ1) is 8.00. The molecular formula is C9H7ClN4O2S. The molecule has 0 aliphatic heterocycles. The molecule has 0 amide bonds. The zero-order valence-corrected chi connectivity index (χ0v) is 10.2. The molecule has 0 saturated carbocycles. The molecule has 2 rings (SSSR count). The first kappa shape index (κ1) is 11.7. The average molecular weight is 271 g/mol. The highest BCUT2D eigenvalue weighted by atomic mass is 35.5. The molecule has 0 aliphatic rings. The lowest BCUT2D eigenvalue weighted by Gasteiger charge is -2.02. The molecule has 0 saturated heterocycles. The second kappa shape index (κ2) is 4.27. The fraction of sp³-hybridized carbons (Fsp3) is 0.111. The van der Waals surface area contributed by atoms with Gasteiger partial charge in [0.25, 0.3) is 5.69 Å². The second-order valence-electron chi connectivity index (χ2n) is 3.33. The Labute approximate surface area is 106 Å². The van der Waals surface area contributed by atoms with Crippen molar-refractivity contribution >= 4 is 29.5 Å². The van der Waals surface area contributed by atoms with Crippen LogP contribution in [0.15, 0.2) is 18.2 Å². The van der Waals surface area contributed by atoms with Gasteiger partial charge in [0.05, 0.1) is 9.95 Å². The van der Waals surface area contributed by atoms with Gasteiger partial charge in [-0.3, -0.25) is 15.2 Å². The molecule has 1 aromatic carbocycles. The van der Waals surface area contributed by atoms with Crippen molar-refractivity contribution in [2.75, 3.05) is 0 Å². The Morgan fingerprint density at radius 1 is 1.59 bits per heavy atom. The highest BCUT2D eigenvalue weighted by Gasteiger charge is 2.14. The third-order valence-corrected chi connectivity index (χ3v) is 2.96. The number of hydrogen-bond donors (Lipinski definition) is 1. The van der Waals surface area contributed by atoms with Crippen molar-refractivity contribution in [3.8, 4) is 11.4 Å². The SMILES string of the molecule is Cn1c(-c2ccc([N+](=O)[O-])cc2Cl)n[nH]c1=S. The number of nitro benzene ring substituents is 1. The standard InChI is InChI=1S/C9H7ClN4O2S/c1-13-8(11-12-9(13)17)6-3-2-5(14(15)16)4-7(6)10/h2-4H,1H3,(H,12,17). The number of nitro groups is 1. The van der Waals surface area contributed by atoms with Crippen LogP contribution in [0.4, 0.5) is 5.69 Å². The number of hydrogen-bond acceptors (Lipinski definition) is 4. The summed E-state index contributed by atoms with van der Waals surface area (Å²) >= 11 is 11.0. The summed E-state index contributed by atoms with van der Waals surface area (Å²) in [6.45, 7) is 0. The lowest BCUT2D eigenvalue weighted by Crippen LogP contribution is -1.94. The molecular weight excluding hydrogens is 264 g/mol. The van der Waals surface area contributed by atoms with Gasteiger partial charge in [-0.05, 0) is 18.3 Å². The Hall–Kier alpha value is -1.73. The van der Waals surface area contributed by atoms with E-state index in [0.717, 1.165) is 0 Å². The van der Waals surface area contributed by atoms with Crippen molar-refractivity contribution in [3.05, 3.63) is 38.1 Å². The number of benzene rings is 1. The van der Waals surface area contributed by atoms with Gasteiger partial charge in [0.2, 0.25) is 0 Å². The largest absolute Gasteiger partial charge is 0.303 e. The second-order valence-corrected chi connectivity index (χ2v) is 4.13. The molecule has 0 aliphatic carbocycles. The number of aromatic nitrogens is 3. The average Bonchev–Trinajstić information content (AvgIpc) is 2.60. The van der Waals surface area contributed by atoms with E-state index in [4.69, 9.17) is 23.8 Å².